The molecule has 4 N–H and O–H groups in total. The van der Waals surface area contributed by atoms with E-state index in [-0.39, 0.29) is 6.04 Å². The molecule has 19 heavy (non-hydrogen) atoms. The van der Waals surface area contributed by atoms with Gasteiger partial charge in [0.05, 0.1) is 17.4 Å². The summed E-state index contributed by atoms with van der Waals surface area (Å²) in [5.74, 6) is 0.398. The second kappa shape index (κ2) is 4.40. The molecular weight excluding hydrogens is 244 g/mol. The van der Waals surface area contributed by atoms with Crippen LogP contribution in [-0.4, -0.2) is 21.0 Å². The van der Waals surface area contributed by atoms with E-state index in [1.54, 1.807) is 12.3 Å². The Morgan fingerprint density at radius 1 is 1.42 bits per heavy atom. The monoisotopic (exact) mass is 258 g/mol. The summed E-state index contributed by atoms with van der Waals surface area (Å²) in [7, 11) is 0. The number of oxazole rings is 1. The second-order valence-corrected chi connectivity index (χ2v) is 4.65. The number of hydrogen-bond donors (Lipinski definition) is 3. The third kappa shape index (κ3) is 2.30. The van der Waals surface area contributed by atoms with Gasteiger partial charge in [0, 0.05) is 18.0 Å². The number of nitrogens with one attached hydrogen (secondary N) is 2. The Morgan fingerprint density at radius 2 is 2.26 bits per heavy atom. The van der Waals surface area contributed by atoms with Crippen LogP contribution in [0.1, 0.15) is 12.7 Å². The number of benzene rings is 1. The molecule has 1 unspecified atom stereocenters. The molecule has 0 aliphatic rings. The summed E-state index contributed by atoms with van der Waals surface area (Å²) in [5.41, 5.74) is 8.74. The van der Waals surface area contributed by atoms with Gasteiger partial charge in [0.2, 0.25) is 0 Å². The average molecular weight is 258 g/mol. The van der Waals surface area contributed by atoms with Gasteiger partial charge in [0.25, 0.3) is 0 Å². The van der Waals surface area contributed by atoms with E-state index in [2.05, 4.69) is 15.0 Å². The summed E-state index contributed by atoms with van der Waals surface area (Å²) in [6.07, 6.45) is 2.45. The highest BCUT2D eigenvalue weighted by atomic mass is 16.4. The summed E-state index contributed by atoms with van der Waals surface area (Å²) in [6.45, 7) is 1.93. The minimum Gasteiger partial charge on any atom is -0.408 e. The number of imidazole rings is 1. The van der Waals surface area contributed by atoms with Gasteiger partial charge in [-0.25, -0.2) is 9.78 Å². The first-order chi connectivity index (χ1) is 9.11. The van der Waals surface area contributed by atoms with Gasteiger partial charge in [-0.15, -0.1) is 0 Å². The van der Waals surface area contributed by atoms with Gasteiger partial charge in [0.15, 0.2) is 5.58 Å². The van der Waals surface area contributed by atoms with Crippen LogP contribution in [0, 0.1) is 0 Å². The summed E-state index contributed by atoms with van der Waals surface area (Å²) in [5, 5.41) is 0. The maximum absolute atomic E-state index is 11.1. The number of hydrogen-bond acceptors (Lipinski definition) is 4. The maximum Gasteiger partial charge on any atom is 0.417 e. The highest BCUT2D eigenvalue weighted by Crippen LogP contribution is 2.21. The molecule has 0 aliphatic carbocycles. The molecule has 0 saturated heterocycles. The van der Waals surface area contributed by atoms with Gasteiger partial charge in [0.1, 0.15) is 5.82 Å². The third-order valence-corrected chi connectivity index (χ3v) is 2.88. The average Bonchev–Trinajstić information content (AvgIpc) is 2.92. The van der Waals surface area contributed by atoms with Crippen LogP contribution in [0.25, 0.3) is 22.4 Å². The summed E-state index contributed by atoms with van der Waals surface area (Å²) in [6, 6.07) is 5.57. The van der Waals surface area contributed by atoms with Crippen LogP contribution in [0.4, 0.5) is 0 Å². The predicted octanol–water partition coefficient (Wildman–Crippen LogP) is 1.40. The van der Waals surface area contributed by atoms with Crippen LogP contribution in [0.3, 0.4) is 0 Å². The lowest BCUT2D eigenvalue weighted by atomic mass is 10.1. The van der Waals surface area contributed by atoms with Gasteiger partial charge >= 0.3 is 5.76 Å². The van der Waals surface area contributed by atoms with Crippen LogP contribution in [0.2, 0.25) is 0 Å². The molecule has 0 spiro atoms. The fourth-order valence-corrected chi connectivity index (χ4v) is 2.03. The number of H-pyrrole nitrogens is 2. The minimum atomic E-state index is -0.450. The molecule has 1 aromatic carbocycles. The number of nitrogens with two attached hydrogens (primary N) is 1. The molecule has 0 saturated carbocycles. The molecule has 0 fully saturated rings. The Balaban J connectivity index is 1.98. The zero-order chi connectivity index (χ0) is 13.4. The first-order valence-electron chi connectivity index (χ1n) is 6.04. The number of fused-ring (bicyclic) bond motifs is 1. The summed E-state index contributed by atoms with van der Waals surface area (Å²) < 4.78 is 5.04. The van der Waals surface area contributed by atoms with Crippen LogP contribution in [0.15, 0.2) is 33.6 Å². The summed E-state index contributed by atoms with van der Waals surface area (Å²) in [4.78, 5) is 21.2. The fraction of sp³-hybridized carbons (Fsp3) is 0.231. The van der Waals surface area contributed by atoms with Crippen molar-refractivity contribution in [1.82, 2.24) is 15.0 Å². The van der Waals surface area contributed by atoms with Crippen molar-refractivity contribution in [1.29, 1.82) is 0 Å². The predicted molar refractivity (Wildman–Crippen MR) is 71.8 cm³/mol. The van der Waals surface area contributed by atoms with Crippen molar-refractivity contribution in [3.8, 4) is 11.3 Å². The van der Waals surface area contributed by atoms with Crippen molar-refractivity contribution in [2.75, 3.05) is 0 Å². The Hall–Kier alpha value is -2.34. The van der Waals surface area contributed by atoms with E-state index in [1.165, 1.54) is 0 Å². The van der Waals surface area contributed by atoms with Crippen molar-refractivity contribution >= 4 is 11.1 Å². The number of aromatic nitrogens is 3. The fourth-order valence-electron chi connectivity index (χ4n) is 2.03. The van der Waals surface area contributed by atoms with Crippen molar-refractivity contribution in [3.63, 3.8) is 0 Å². The van der Waals surface area contributed by atoms with Crippen LogP contribution >= 0.6 is 0 Å². The van der Waals surface area contributed by atoms with E-state index in [4.69, 9.17) is 10.2 Å². The quantitative estimate of drug-likeness (QED) is 0.661. The van der Waals surface area contributed by atoms with Gasteiger partial charge in [-0.05, 0) is 19.1 Å². The second-order valence-electron chi connectivity index (χ2n) is 4.65. The van der Waals surface area contributed by atoms with Crippen LogP contribution in [-0.2, 0) is 6.42 Å². The van der Waals surface area contributed by atoms with Crippen molar-refractivity contribution in [2.45, 2.75) is 19.4 Å². The normalized spacial score (nSPS) is 12.9. The van der Waals surface area contributed by atoms with Crippen molar-refractivity contribution in [3.05, 3.63) is 40.8 Å². The Kier molecular flexibility index (Phi) is 2.72. The molecule has 3 aromatic rings. The number of nitrogens with zero attached hydrogens (tertiary/aromatic N) is 1. The van der Waals surface area contributed by atoms with Gasteiger partial charge in [-0.1, -0.05) is 6.07 Å². The molecule has 0 bridgehead atoms. The lowest BCUT2D eigenvalue weighted by Crippen LogP contribution is -2.18. The van der Waals surface area contributed by atoms with Crippen molar-refractivity contribution < 1.29 is 4.42 Å². The summed E-state index contributed by atoms with van der Waals surface area (Å²) >= 11 is 0. The van der Waals surface area contributed by atoms with E-state index in [9.17, 15) is 4.79 Å². The largest absolute Gasteiger partial charge is 0.417 e. The smallest absolute Gasteiger partial charge is 0.408 e. The lowest BCUT2D eigenvalue weighted by Gasteiger charge is -2.00. The zero-order valence-electron chi connectivity index (χ0n) is 10.4. The van der Waals surface area contributed by atoms with Gasteiger partial charge in [-0.2, -0.15) is 0 Å². The van der Waals surface area contributed by atoms with E-state index < -0.39 is 5.76 Å². The Labute approximate surface area is 108 Å². The third-order valence-electron chi connectivity index (χ3n) is 2.88. The SMILES string of the molecule is CC(N)Cc1ncc(-c2ccc3[nH]c(=O)oc3c2)[nH]1. The highest BCUT2D eigenvalue weighted by molar-refractivity contribution is 5.78. The van der Waals surface area contributed by atoms with E-state index in [0.717, 1.165) is 17.1 Å². The lowest BCUT2D eigenvalue weighted by molar-refractivity contribution is 0.555. The number of rotatable bonds is 3. The zero-order valence-corrected chi connectivity index (χ0v) is 10.4. The topological polar surface area (TPSA) is 101 Å². The maximum atomic E-state index is 11.1. The molecule has 6 nitrogen and oxygen atoms in total. The molecule has 2 heterocycles. The van der Waals surface area contributed by atoms with E-state index in [0.29, 0.717) is 17.5 Å². The van der Waals surface area contributed by atoms with Crippen molar-refractivity contribution in [2.24, 2.45) is 5.73 Å². The highest BCUT2D eigenvalue weighted by Gasteiger charge is 2.07. The standard InChI is InChI=1S/C13H14N4O2/c1-7(14)4-12-15-6-10(16-12)8-2-3-9-11(5-8)19-13(18)17-9/h2-3,5-7H,4,14H2,1H3,(H,15,16)(H,17,18). The number of aromatic amines is 2. The minimum absolute atomic E-state index is 0.0594. The van der Waals surface area contributed by atoms with Crippen LogP contribution in [0.5, 0.6) is 0 Å². The Bertz CT molecular complexity index is 766. The molecule has 98 valence electrons. The van der Waals surface area contributed by atoms with Gasteiger partial charge in [-0.3, -0.25) is 4.98 Å². The van der Waals surface area contributed by atoms with Gasteiger partial charge < -0.3 is 15.1 Å². The van der Waals surface area contributed by atoms with E-state index >= 15 is 0 Å². The molecule has 0 amide bonds. The molecular formula is C13H14N4O2. The van der Waals surface area contributed by atoms with E-state index in [1.807, 2.05) is 19.1 Å². The molecule has 6 heteroatoms. The molecule has 1 atom stereocenters. The Morgan fingerprint density at radius 3 is 3.05 bits per heavy atom. The first kappa shape index (κ1) is 11.7. The first-order valence-corrected chi connectivity index (χ1v) is 6.04. The molecule has 2 aromatic heterocycles. The van der Waals surface area contributed by atoms with Crippen LogP contribution < -0.4 is 11.5 Å². The molecule has 0 aliphatic heterocycles. The molecule has 0 radical (unpaired) electrons. The molecule has 3 rings (SSSR count).